The molecule has 50 heavy (non-hydrogen) atoms. The molecule has 1 unspecified atom stereocenters. The summed E-state index contributed by atoms with van der Waals surface area (Å²) in [5, 5.41) is 7.10. The lowest BCUT2D eigenvalue weighted by Gasteiger charge is -2.31. The molecule has 0 bridgehead atoms. The highest BCUT2D eigenvalue weighted by atomic mass is 15.1. The lowest BCUT2D eigenvalue weighted by Crippen LogP contribution is -2.28. The van der Waals surface area contributed by atoms with Gasteiger partial charge in [0.15, 0.2) is 0 Å². The van der Waals surface area contributed by atoms with E-state index in [9.17, 15) is 0 Å². The summed E-state index contributed by atoms with van der Waals surface area (Å²) >= 11 is 0. The summed E-state index contributed by atoms with van der Waals surface area (Å²) in [7, 11) is 0. The molecule has 10 rings (SSSR count). The third kappa shape index (κ3) is 4.44. The Balaban J connectivity index is 1.08. The fourth-order valence-corrected chi connectivity index (χ4v) is 7.98. The van der Waals surface area contributed by atoms with E-state index in [4.69, 9.17) is 9.97 Å². The molecular weight excluding hydrogens is 607 g/mol. The van der Waals surface area contributed by atoms with Crippen molar-refractivity contribution < 1.29 is 0 Å². The molecule has 236 valence electrons. The van der Waals surface area contributed by atoms with Gasteiger partial charge < -0.3 is 4.57 Å². The standard InChI is InChI=1S/C47H33N3/c1-47(29-9-2-10-30-47)50-42-16-8-7-15-41(42)48-46(50)36-23-19-32(20-24-36)31-17-21-35(22-18-31)43-39-27-25-33-11-3-5-13-37(33)44(39)49-45-38-14-6-4-12-34(38)26-28-40(43)45/h2-29H,30H2,1H3. The first kappa shape index (κ1) is 28.7. The van der Waals surface area contributed by atoms with E-state index in [2.05, 4.69) is 181 Å². The number of fused-ring (bicyclic) bond motifs is 7. The fourth-order valence-electron chi connectivity index (χ4n) is 7.98. The summed E-state index contributed by atoms with van der Waals surface area (Å²) in [6, 6.07) is 52.4. The van der Waals surface area contributed by atoms with Crippen LogP contribution >= 0.6 is 0 Å². The maximum atomic E-state index is 5.36. The molecule has 0 saturated heterocycles. The van der Waals surface area contributed by atoms with Crippen LogP contribution in [0.1, 0.15) is 13.3 Å². The van der Waals surface area contributed by atoms with Gasteiger partial charge in [0.25, 0.3) is 0 Å². The van der Waals surface area contributed by atoms with Crippen molar-refractivity contribution >= 4 is 54.4 Å². The number of para-hydroxylation sites is 2. The first-order valence-corrected chi connectivity index (χ1v) is 17.3. The van der Waals surface area contributed by atoms with E-state index in [0.29, 0.717) is 0 Å². The maximum Gasteiger partial charge on any atom is 0.141 e. The first-order valence-electron chi connectivity index (χ1n) is 17.3. The van der Waals surface area contributed by atoms with E-state index in [1.807, 2.05) is 0 Å². The molecule has 0 N–H and O–H groups in total. The molecular formula is C47H33N3. The number of nitrogens with zero attached hydrogens (tertiary/aromatic N) is 3. The van der Waals surface area contributed by atoms with E-state index in [1.54, 1.807) is 0 Å². The van der Waals surface area contributed by atoms with Crippen LogP contribution in [0.3, 0.4) is 0 Å². The molecule has 0 saturated carbocycles. The number of rotatable bonds is 4. The zero-order valence-corrected chi connectivity index (χ0v) is 27.7. The molecule has 7 aromatic carbocycles. The molecule has 2 heterocycles. The average Bonchev–Trinajstić information content (AvgIpc) is 3.58. The van der Waals surface area contributed by atoms with Gasteiger partial charge in [-0.25, -0.2) is 9.97 Å². The van der Waals surface area contributed by atoms with E-state index in [-0.39, 0.29) is 5.54 Å². The smallest absolute Gasteiger partial charge is 0.141 e. The molecule has 3 nitrogen and oxygen atoms in total. The third-order valence-corrected chi connectivity index (χ3v) is 10.5. The molecule has 0 fully saturated rings. The molecule has 0 amide bonds. The zero-order chi connectivity index (χ0) is 33.2. The van der Waals surface area contributed by atoms with Crippen LogP contribution in [0.5, 0.6) is 0 Å². The van der Waals surface area contributed by atoms with Crippen molar-refractivity contribution in [1.29, 1.82) is 0 Å². The van der Waals surface area contributed by atoms with E-state index < -0.39 is 0 Å². The molecule has 2 aromatic heterocycles. The largest absolute Gasteiger partial charge is 0.314 e. The Morgan fingerprint density at radius 3 is 1.68 bits per heavy atom. The monoisotopic (exact) mass is 639 g/mol. The summed E-state index contributed by atoms with van der Waals surface area (Å²) < 4.78 is 2.40. The van der Waals surface area contributed by atoms with Crippen molar-refractivity contribution in [2.45, 2.75) is 18.9 Å². The number of allylic oxidation sites excluding steroid dienone is 4. The fraction of sp³-hybridized carbons (Fsp3) is 0.0638. The van der Waals surface area contributed by atoms with Gasteiger partial charge in [-0.1, -0.05) is 158 Å². The van der Waals surface area contributed by atoms with Gasteiger partial charge in [-0.05, 0) is 52.9 Å². The molecule has 1 atom stereocenters. The minimum absolute atomic E-state index is 0.186. The topological polar surface area (TPSA) is 30.7 Å². The molecule has 1 aliphatic carbocycles. The average molecular weight is 640 g/mol. The van der Waals surface area contributed by atoms with Gasteiger partial charge in [0, 0.05) is 32.7 Å². The summed E-state index contributed by atoms with van der Waals surface area (Å²) in [5.74, 6) is 0.993. The Bertz CT molecular complexity index is 2740. The van der Waals surface area contributed by atoms with Crippen LogP contribution < -0.4 is 0 Å². The lowest BCUT2D eigenvalue weighted by atomic mass is 9.91. The minimum Gasteiger partial charge on any atom is -0.314 e. The SMILES string of the molecule is CC1(n2c(-c3ccc(-c4ccc(-c5c6ccc7ccccc7c6nc6c5ccc5ccccc56)cc4)cc3)nc3ccccc32)C=CC=CC1. The van der Waals surface area contributed by atoms with Crippen LogP contribution in [-0.4, -0.2) is 14.5 Å². The number of hydrogen-bond donors (Lipinski definition) is 0. The van der Waals surface area contributed by atoms with Gasteiger partial charge in [-0.15, -0.1) is 0 Å². The highest BCUT2D eigenvalue weighted by Crippen LogP contribution is 2.41. The van der Waals surface area contributed by atoms with E-state index >= 15 is 0 Å². The third-order valence-electron chi connectivity index (χ3n) is 10.5. The molecule has 3 heteroatoms. The summed E-state index contributed by atoms with van der Waals surface area (Å²) in [6.07, 6.45) is 9.74. The van der Waals surface area contributed by atoms with Gasteiger partial charge in [-0.2, -0.15) is 0 Å². The van der Waals surface area contributed by atoms with E-state index in [1.165, 1.54) is 54.6 Å². The number of aromatic nitrogens is 3. The second kappa shape index (κ2) is 11.1. The Morgan fingerprint density at radius 1 is 0.500 bits per heavy atom. The van der Waals surface area contributed by atoms with Crippen LogP contribution in [0.25, 0.3) is 88.0 Å². The van der Waals surface area contributed by atoms with Crippen LogP contribution in [0.4, 0.5) is 0 Å². The Hall–Kier alpha value is -6.32. The van der Waals surface area contributed by atoms with Crippen LogP contribution in [0.15, 0.2) is 170 Å². The number of benzene rings is 7. The molecule has 9 aromatic rings. The molecule has 1 aliphatic rings. The van der Waals surface area contributed by atoms with Gasteiger partial charge in [0.2, 0.25) is 0 Å². The molecule has 0 aliphatic heterocycles. The van der Waals surface area contributed by atoms with Crippen LogP contribution in [0.2, 0.25) is 0 Å². The van der Waals surface area contributed by atoms with Crippen molar-refractivity contribution in [3.8, 4) is 33.6 Å². The Kier molecular flexibility index (Phi) is 6.37. The predicted molar refractivity (Wildman–Crippen MR) is 210 cm³/mol. The van der Waals surface area contributed by atoms with Crippen molar-refractivity contribution in [3.63, 3.8) is 0 Å². The van der Waals surface area contributed by atoms with Crippen molar-refractivity contribution in [3.05, 3.63) is 170 Å². The quantitative estimate of drug-likeness (QED) is 0.142. The summed E-state index contributed by atoms with van der Waals surface area (Å²) in [6.45, 7) is 2.29. The van der Waals surface area contributed by atoms with Crippen molar-refractivity contribution in [2.75, 3.05) is 0 Å². The second-order valence-electron chi connectivity index (χ2n) is 13.6. The minimum atomic E-state index is -0.186. The highest BCUT2D eigenvalue weighted by Gasteiger charge is 2.29. The highest BCUT2D eigenvalue weighted by molar-refractivity contribution is 6.21. The zero-order valence-electron chi connectivity index (χ0n) is 27.7. The predicted octanol–water partition coefficient (Wildman–Crippen LogP) is 12.3. The van der Waals surface area contributed by atoms with Gasteiger partial charge in [-0.3, -0.25) is 0 Å². The Labute approximate surface area is 290 Å². The van der Waals surface area contributed by atoms with Crippen LogP contribution in [-0.2, 0) is 5.54 Å². The van der Waals surface area contributed by atoms with E-state index in [0.717, 1.165) is 39.9 Å². The maximum absolute atomic E-state index is 5.36. The normalized spacial score (nSPS) is 15.9. The summed E-state index contributed by atoms with van der Waals surface area (Å²) in [4.78, 5) is 10.5. The van der Waals surface area contributed by atoms with Gasteiger partial charge in [0.1, 0.15) is 5.82 Å². The van der Waals surface area contributed by atoms with Crippen molar-refractivity contribution in [1.82, 2.24) is 14.5 Å². The lowest BCUT2D eigenvalue weighted by molar-refractivity contribution is 0.427. The number of pyridine rings is 1. The Morgan fingerprint density at radius 2 is 1.06 bits per heavy atom. The van der Waals surface area contributed by atoms with Gasteiger partial charge in [0.05, 0.1) is 27.6 Å². The number of imidazole rings is 1. The number of hydrogen-bond acceptors (Lipinski definition) is 2. The molecule has 0 spiro atoms. The first-order chi connectivity index (χ1) is 24.6. The second-order valence-corrected chi connectivity index (χ2v) is 13.6. The van der Waals surface area contributed by atoms with Crippen molar-refractivity contribution in [2.24, 2.45) is 0 Å². The summed E-state index contributed by atoms with van der Waals surface area (Å²) in [5.41, 5.74) is 9.95. The van der Waals surface area contributed by atoms with Gasteiger partial charge >= 0.3 is 0 Å². The van der Waals surface area contributed by atoms with Crippen LogP contribution in [0, 0.1) is 0 Å². The molecule has 0 radical (unpaired) electrons.